The molecule has 0 aliphatic rings. The Morgan fingerprint density at radius 3 is 2.71 bits per heavy atom. The number of nitrogens with one attached hydrogen (secondary N) is 2. The average molecular weight is 290 g/mol. The summed E-state index contributed by atoms with van der Waals surface area (Å²) < 4.78 is 14.6. The van der Waals surface area contributed by atoms with E-state index in [2.05, 4.69) is 15.7 Å². The van der Waals surface area contributed by atoms with Crippen molar-refractivity contribution in [2.75, 3.05) is 20.1 Å². The van der Waals surface area contributed by atoms with Crippen LogP contribution in [0.15, 0.2) is 36.5 Å². The molecule has 0 bridgehead atoms. The van der Waals surface area contributed by atoms with Gasteiger partial charge in [-0.15, -0.1) is 0 Å². The zero-order valence-corrected chi connectivity index (χ0v) is 12.0. The molecule has 2 rings (SSSR count). The fourth-order valence-corrected chi connectivity index (χ4v) is 1.89. The van der Waals surface area contributed by atoms with Crippen LogP contribution >= 0.6 is 0 Å². The molecule has 5 nitrogen and oxygen atoms in total. The van der Waals surface area contributed by atoms with Crippen molar-refractivity contribution in [1.29, 1.82) is 0 Å². The Labute approximate surface area is 123 Å². The first-order valence-corrected chi connectivity index (χ1v) is 6.91. The molecule has 0 aliphatic carbocycles. The SMILES string of the molecule is CNCCC(=O)NCCc1ccn(-c2ccc(F)cc2)n1. The van der Waals surface area contributed by atoms with E-state index in [0.717, 1.165) is 11.4 Å². The van der Waals surface area contributed by atoms with Crippen molar-refractivity contribution in [3.05, 3.63) is 48.0 Å². The van der Waals surface area contributed by atoms with Crippen molar-refractivity contribution in [3.8, 4) is 5.69 Å². The molecule has 6 heteroatoms. The molecule has 0 unspecified atom stereocenters. The zero-order valence-electron chi connectivity index (χ0n) is 12.0. The molecule has 0 atom stereocenters. The average Bonchev–Trinajstić information content (AvgIpc) is 2.95. The molecule has 112 valence electrons. The third-order valence-electron chi connectivity index (χ3n) is 3.04. The Kier molecular flexibility index (Phi) is 5.45. The summed E-state index contributed by atoms with van der Waals surface area (Å²) in [6.07, 6.45) is 2.96. The van der Waals surface area contributed by atoms with Gasteiger partial charge in [0, 0.05) is 32.1 Å². The maximum Gasteiger partial charge on any atom is 0.221 e. The van der Waals surface area contributed by atoms with Gasteiger partial charge >= 0.3 is 0 Å². The molecule has 2 aromatic rings. The van der Waals surface area contributed by atoms with E-state index >= 15 is 0 Å². The van der Waals surface area contributed by atoms with Crippen LogP contribution < -0.4 is 10.6 Å². The zero-order chi connectivity index (χ0) is 15.1. The minimum absolute atomic E-state index is 0.0299. The number of carbonyl (C=O) groups excluding carboxylic acids is 1. The Hall–Kier alpha value is -2.21. The quantitative estimate of drug-likeness (QED) is 0.807. The first-order chi connectivity index (χ1) is 10.2. The second-order valence-electron chi connectivity index (χ2n) is 4.68. The van der Waals surface area contributed by atoms with Crippen molar-refractivity contribution in [1.82, 2.24) is 20.4 Å². The molecule has 0 fully saturated rings. The maximum atomic E-state index is 12.9. The van der Waals surface area contributed by atoms with Crippen LogP contribution in [0.3, 0.4) is 0 Å². The van der Waals surface area contributed by atoms with Crippen molar-refractivity contribution in [2.45, 2.75) is 12.8 Å². The highest BCUT2D eigenvalue weighted by molar-refractivity contribution is 5.76. The Morgan fingerprint density at radius 1 is 1.24 bits per heavy atom. The molecule has 21 heavy (non-hydrogen) atoms. The smallest absolute Gasteiger partial charge is 0.221 e. The predicted molar refractivity (Wildman–Crippen MR) is 78.8 cm³/mol. The van der Waals surface area contributed by atoms with E-state index in [1.165, 1.54) is 12.1 Å². The number of carbonyl (C=O) groups is 1. The summed E-state index contributed by atoms with van der Waals surface area (Å²) in [5, 5.41) is 10.2. The number of aromatic nitrogens is 2. The van der Waals surface area contributed by atoms with Crippen LogP contribution in [0.1, 0.15) is 12.1 Å². The van der Waals surface area contributed by atoms with Crippen molar-refractivity contribution < 1.29 is 9.18 Å². The van der Waals surface area contributed by atoms with Crippen LogP contribution in [0, 0.1) is 5.82 Å². The van der Waals surface area contributed by atoms with E-state index in [0.29, 0.717) is 25.9 Å². The molecule has 1 aromatic carbocycles. The third kappa shape index (κ3) is 4.68. The Morgan fingerprint density at radius 2 is 2.00 bits per heavy atom. The van der Waals surface area contributed by atoms with Crippen molar-refractivity contribution in [2.24, 2.45) is 0 Å². The van der Waals surface area contributed by atoms with Gasteiger partial charge in [0.05, 0.1) is 11.4 Å². The van der Waals surface area contributed by atoms with E-state index < -0.39 is 0 Å². The Bertz CT molecular complexity index is 580. The lowest BCUT2D eigenvalue weighted by molar-refractivity contribution is -0.120. The number of nitrogens with zero attached hydrogens (tertiary/aromatic N) is 2. The van der Waals surface area contributed by atoms with Crippen molar-refractivity contribution >= 4 is 5.91 Å². The normalized spacial score (nSPS) is 10.6. The highest BCUT2D eigenvalue weighted by Crippen LogP contribution is 2.09. The summed E-state index contributed by atoms with van der Waals surface area (Å²) in [6, 6.07) is 8.04. The second kappa shape index (κ2) is 7.54. The number of amides is 1. The van der Waals surface area contributed by atoms with Gasteiger partial charge in [0.15, 0.2) is 0 Å². The van der Waals surface area contributed by atoms with Gasteiger partial charge in [-0.3, -0.25) is 4.79 Å². The Balaban J connectivity index is 1.83. The van der Waals surface area contributed by atoms with Gasteiger partial charge in [-0.2, -0.15) is 5.10 Å². The van der Waals surface area contributed by atoms with Crippen LogP contribution in [0.4, 0.5) is 4.39 Å². The van der Waals surface area contributed by atoms with Gasteiger partial charge in [0.2, 0.25) is 5.91 Å². The molecule has 1 amide bonds. The van der Waals surface area contributed by atoms with Gasteiger partial charge in [-0.25, -0.2) is 9.07 Å². The largest absolute Gasteiger partial charge is 0.356 e. The summed E-state index contributed by atoms with van der Waals surface area (Å²) in [5.41, 5.74) is 1.69. The highest BCUT2D eigenvalue weighted by atomic mass is 19.1. The summed E-state index contributed by atoms with van der Waals surface area (Å²) in [5.74, 6) is -0.238. The second-order valence-corrected chi connectivity index (χ2v) is 4.68. The van der Waals surface area contributed by atoms with Gasteiger partial charge in [-0.05, 0) is 37.4 Å². The summed E-state index contributed by atoms with van der Waals surface area (Å²) >= 11 is 0. The van der Waals surface area contributed by atoms with E-state index in [1.54, 1.807) is 16.8 Å². The molecule has 0 saturated heterocycles. The van der Waals surface area contributed by atoms with Gasteiger partial charge in [0.1, 0.15) is 5.82 Å². The summed E-state index contributed by atoms with van der Waals surface area (Å²) in [7, 11) is 1.81. The van der Waals surface area contributed by atoms with Crippen LogP contribution in [-0.4, -0.2) is 35.8 Å². The molecule has 0 spiro atoms. The maximum absolute atomic E-state index is 12.9. The first-order valence-electron chi connectivity index (χ1n) is 6.91. The fraction of sp³-hybridized carbons (Fsp3) is 0.333. The lowest BCUT2D eigenvalue weighted by Crippen LogP contribution is -2.28. The standard InChI is InChI=1S/C15H19FN4O/c1-17-9-7-15(21)18-10-6-13-8-11-20(19-13)14-4-2-12(16)3-5-14/h2-5,8,11,17H,6-7,9-10H2,1H3,(H,18,21). The predicted octanol–water partition coefficient (Wildman–Crippen LogP) is 1.28. The minimum atomic E-state index is -0.268. The summed E-state index contributed by atoms with van der Waals surface area (Å²) in [6.45, 7) is 1.23. The number of halogens is 1. The van der Waals surface area contributed by atoms with Crippen LogP contribution in [0.2, 0.25) is 0 Å². The molecular weight excluding hydrogens is 271 g/mol. The van der Waals surface area contributed by atoms with Gasteiger partial charge < -0.3 is 10.6 Å². The molecule has 0 saturated carbocycles. The van der Waals surface area contributed by atoms with Crippen LogP contribution in [0.25, 0.3) is 5.69 Å². The molecule has 1 heterocycles. The van der Waals surface area contributed by atoms with Gasteiger partial charge in [-0.1, -0.05) is 0 Å². The lowest BCUT2D eigenvalue weighted by Gasteiger charge is -2.03. The topological polar surface area (TPSA) is 59.0 Å². The molecule has 0 radical (unpaired) electrons. The molecule has 2 N–H and O–H groups in total. The van der Waals surface area contributed by atoms with E-state index in [9.17, 15) is 9.18 Å². The molecule has 0 aliphatic heterocycles. The fourth-order valence-electron chi connectivity index (χ4n) is 1.89. The first kappa shape index (κ1) is 15.2. The third-order valence-corrected chi connectivity index (χ3v) is 3.04. The van der Waals surface area contributed by atoms with E-state index in [4.69, 9.17) is 0 Å². The van der Waals surface area contributed by atoms with Crippen LogP contribution in [0.5, 0.6) is 0 Å². The van der Waals surface area contributed by atoms with E-state index in [-0.39, 0.29) is 11.7 Å². The number of hydrogen-bond acceptors (Lipinski definition) is 3. The molecular formula is C15H19FN4O. The molecule has 1 aromatic heterocycles. The number of benzene rings is 1. The minimum Gasteiger partial charge on any atom is -0.356 e. The highest BCUT2D eigenvalue weighted by Gasteiger charge is 2.03. The van der Waals surface area contributed by atoms with Crippen molar-refractivity contribution in [3.63, 3.8) is 0 Å². The van der Waals surface area contributed by atoms with E-state index in [1.807, 2.05) is 19.3 Å². The van der Waals surface area contributed by atoms with Crippen LogP contribution in [-0.2, 0) is 11.2 Å². The van der Waals surface area contributed by atoms with Gasteiger partial charge in [0.25, 0.3) is 0 Å². The number of rotatable bonds is 7. The monoisotopic (exact) mass is 290 g/mol. The lowest BCUT2D eigenvalue weighted by atomic mass is 10.3. The number of hydrogen-bond donors (Lipinski definition) is 2. The summed E-state index contributed by atoms with van der Waals surface area (Å²) in [4.78, 5) is 11.4.